The molecule has 0 aliphatic heterocycles. The third-order valence-electron chi connectivity index (χ3n) is 5.36. The SMILES string of the molecule is CC1(C)[C@@]2(C(=O)[O-])CC[C@]1(C)[C@H](O)C2. The molecule has 2 aliphatic carbocycles. The monoisotopic (exact) mass is 197 g/mol. The molecule has 2 fully saturated rings. The van der Waals surface area contributed by atoms with Gasteiger partial charge in [0.05, 0.1) is 6.10 Å². The summed E-state index contributed by atoms with van der Waals surface area (Å²) in [6, 6.07) is 0. The second-order valence-electron chi connectivity index (χ2n) is 5.63. The maximum absolute atomic E-state index is 11.3. The first-order valence-electron chi connectivity index (χ1n) is 5.17. The van der Waals surface area contributed by atoms with Gasteiger partial charge >= 0.3 is 0 Å². The highest BCUT2D eigenvalue weighted by Gasteiger charge is 2.69. The summed E-state index contributed by atoms with van der Waals surface area (Å²) in [5.74, 6) is -0.984. The van der Waals surface area contributed by atoms with E-state index < -0.39 is 17.5 Å². The summed E-state index contributed by atoms with van der Waals surface area (Å²) in [4.78, 5) is 11.3. The van der Waals surface area contributed by atoms with Crippen LogP contribution in [0, 0.1) is 16.2 Å². The van der Waals surface area contributed by atoms with E-state index in [0.717, 1.165) is 6.42 Å². The Morgan fingerprint density at radius 3 is 2.14 bits per heavy atom. The number of fused-ring (bicyclic) bond motifs is 2. The maximum atomic E-state index is 11.3. The first kappa shape index (κ1) is 9.97. The van der Waals surface area contributed by atoms with Gasteiger partial charge in [-0.15, -0.1) is 0 Å². The van der Waals surface area contributed by atoms with Gasteiger partial charge in [-0.25, -0.2) is 0 Å². The first-order chi connectivity index (χ1) is 6.28. The van der Waals surface area contributed by atoms with Crippen LogP contribution in [-0.4, -0.2) is 17.2 Å². The predicted octanol–water partition coefficient (Wildman–Crippen LogP) is 0.314. The van der Waals surface area contributed by atoms with Crippen LogP contribution in [0.3, 0.4) is 0 Å². The number of aliphatic hydroxyl groups is 1. The Balaban J connectivity index is 2.54. The fraction of sp³-hybridized carbons (Fsp3) is 0.909. The standard InChI is InChI=1S/C11H18O3/c1-9(2)10(3)4-5-11(9,8(13)14)6-7(10)12/h7,12H,4-6H2,1-3H3,(H,13,14)/p-1/t7-,10-,11+/m1/s1. The fourth-order valence-corrected chi connectivity index (χ4v) is 3.58. The number of carboxylic acid groups (broad SMARTS) is 1. The number of carboxylic acids is 1. The molecule has 0 amide bonds. The molecule has 2 aliphatic rings. The lowest BCUT2D eigenvalue weighted by atomic mass is 9.65. The molecule has 3 atom stereocenters. The quantitative estimate of drug-likeness (QED) is 0.658. The van der Waals surface area contributed by atoms with E-state index in [2.05, 4.69) is 0 Å². The second kappa shape index (κ2) is 2.32. The lowest BCUT2D eigenvalue weighted by Crippen LogP contribution is -2.47. The highest BCUT2D eigenvalue weighted by molar-refractivity contribution is 5.75. The average molecular weight is 197 g/mol. The van der Waals surface area contributed by atoms with Gasteiger partial charge in [-0.2, -0.15) is 0 Å². The number of carbonyl (C=O) groups excluding carboxylic acids is 1. The van der Waals surface area contributed by atoms with E-state index in [1.54, 1.807) is 0 Å². The summed E-state index contributed by atoms with van der Waals surface area (Å²) < 4.78 is 0. The van der Waals surface area contributed by atoms with E-state index in [-0.39, 0.29) is 10.8 Å². The van der Waals surface area contributed by atoms with Gasteiger partial charge in [0.25, 0.3) is 0 Å². The van der Waals surface area contributed by atoms with Gasteiger partial charge < -0.3 is 15.0 Å². The Labute approximate surface area is 84.1 Å². The van der Waals surface area contributed by atoms with Crippen molar-refractivity contribution in [3.05, 3.63) is 0 Å². The molecule has 0 aromatic heterocycles. The van der Waals surface area contributed by atoms with Gasteiger partial charge in [-0.3, -0.25) is 0 Å². The van der Waals surface area contributed by atoms with E-state index in [1.165, 1.54) is 0 Å². The summed E-state index contributed by atoms with van der Waals surface area (Å²) in [5, 5.41) is 21.2. The van der Waals surface area contributed by atoms with Crippen molar-refractivity contribution in [2.45, 2.75) is 46.1 Å². The molecule has 2 rings (SSSR count). The molecule has 0 radical (unpaired) electrons. The fourth-order valence-electron chi connectivity index (χ4n) is 3.58. The van der Waals surface area contributed by atoms with E-state index in [9.17, 15) is 15.0 Å². The van der Waals surface area contributed by atoms with Crippen molar-refractivity contribution in [3.63, 3.8) is 0 Å². The van der Waals surface area contributed by atoms with Crippen molar-refractivity contribution in [2.24, 2.45) is 16.2 Å². The second-order valence-corrected chi connectivity index (χ2v) is 5.63. The van der Waals surface area contributed by atoms with Crippen LogP contribution in [0.15, 0.2) is 0 Å². The van der Waals surface area contributed by atoms with Crippen LogP contribution in [0.2, 0.25) is 0 Å². The molecule has 80 valence electrons. The van der Waals surface area contributed by atoms with Gasteiger partial charge in [0.1, 0.15) is 0 Å². The summed E-state index contributed by atoms with van der Waals surface area (Å²) >= 11 is 0. The zero-order chi connectivity index (χ0) is 10.8. The number of hydrogen-bond acceptors (Lipinski definition) is 3. The Morgan fingerprint density at radius 2 is 1.93 bits per heavy atom. The Hall–Kier alpha value is -0.570. The van der Waals surface area contributed by atoms with Gasteiger partial charge in [-0.05, 0) is 30.1 Å². The maximum Gasteiger partial charge on any atom is 0.0608 e. The number of carbonyl (C=O) groups is 1. The molecule has 3 nitrogen and oxygen atoms in total. The Kier molecular flexibility index (Phi) is 1.65. The number of rotatable bonds is 1. The summed E-state index contributed by atoms with van der Waals surface area (Å²) in [7, 11) is 0. The van der Waals surface area contributed by atoms with Crippen LogP contribution in [0.4, 0.5) is 0 Å². The van der Waals surface area contributed by atoms with Crippen molar-refractivity contribution >= 4 is 5.97 Å². The topological polar surface area (TPSA) is 60.4 Å². The Morgan fingerprint density at radius 1 is 1.36 bits per heavy atom. The lowest BCUT2D eigenvalue weighted by Gasteiger charge is -2.41. The highest BCUT2D eigenvalue weighted by atomic mass is 16.4. The van der Waals surface area contributed by atoms with E-state index >= 15 is 0 Å². The minimum absolute atomic E-state index is 0.257. The predicted molar refractivity (Wildman–Crippen MR) is 49.2 cm³/mol. The van der Waals surface area contributed by atoms with Crippen molar-refractivity contribution < 1.29 is 15.0 Å². The van der Waals surface area contributed by atoms with Crippen LogP contribution in [-0.2, 0) is 4.79 Å². The summed E-state index contributed by atoms with van der Waals surface area (Å²) in [6.07, 6.45) is 1.30. The molecule has 14 heavy (non-hydrogen) atoms. The average Bonchev–Trinajstić information content (AvgIpc) is 2.34. The Bertz CT molecular complexity index is 297. The highest BCUT2D eigenvalue weighted by Crippen LogP contribution is 2.71. The van der Waals surface area contributed by atoms with Crippen molar-refractivity contribution in [2.75, 3.05) is 0 Å². The molecular formula is C11H17O3-. The van der Waals surface area contributed by atoms with E-state index in [4.69, 9.17) is 0 Å². The van der Waals surface area contributed by atoms with Gasteiger partial charge in [-0.1, -0.05) is 20.8 Å². The van der Waals surface area contributed by atoms with Crippen LogP contribution in [0.25, 0.3) is 0 Å². The third-order valence-corrected chi connectivity index (χ3v) is 5.36. The number of aliphatic hydroxyl groups excluding tert-OH is 1. The molecule has 0 aromatic carbocycles. The summed E-state index contributed by atoms with van der Waals surface area (Å²) in [5.41, 5.74) is -1.42. The molecule has 0 aromatic rings. The molecule has 0 unspecified atom stereocenters. The van der Waals surface area contributed by atoms with Crippen molar-refractivity contribution in [1.82, 2.24) is 0 Å². The summed E-state index contributed by atoms with van der Waals surface area (Å²) in [6.45, 7) is 5.90. The molecule has 3 heteroatoms. The first-order valence-corrected chi connectivity index (χ1v) is 5.17. The molecular weight excluding hydrogens is 180 g/mol. The third kappa shape index (κ3) is 0.724. The van der Waals surface area contributed by atoms with E-state index in [1.807, 2.05) is 20.8 Å². The zero-order valence-electron chi connectivity index (χ0n) is 8.96. The van der Waals surface area contributed by atoms with Gasteiger partial charge in [0, 0.05) is 11.4 Å². The smallest absolute Gasteiger partial charge is 0.0608 e. The minimum Gasteiger partial charge on any atom is -0.550 e. The van der Waals surface area contributed by atoms with E-state index in [0.29, 0.717) is 12.8 Å². The zero-order valence-corrected chi connectivity index (χ0v) is 8.96. The van der Waals surface area contributed by atoms with Crippen molar-refractivity contribution in [3.8, 4) is 0 Å². The largest absolute Gasteiger partial charge is 0.550 e. The molecule has 2 saturated carbocycles. The van der Waals surface area contributed by atoms with Crippen LogP contribution in [0.5, 0.6) is 0 Å². The lowest BCUT2D eigenvalue weighted by molar-refractivity contribution is -0.323. The molecule has 1 N–H and O–H groups in total. The van der Waals surface area contributed by atoms with Crippen LogP contribution >= 0.6 is 0 Å². The normalized spacial score (nSPS) is 49.6. The van der Waals surface area contributed by atoms with Crippen LogP contribution in [0.1, 0.15) is 40.0 Å². The van der Waals surface area contributed by atoms with Crippen molar-refractivity contribution in [1.29, 1.82) is 0 Å². The molecule has 0 heterocycles. The minimum atomic E-state index is -0.984. The molecule has 2 bridgehead atoms. The van der Waals surface area contributed by atoms with Gasteiger partial charge in [0.15, 0.2) is 0 Å². The number of hydrogen-bond donors (Lipinski definition) is 1. The molecule has 0 saturated heterocycles. The number of aliphatic carboxylic acids is 1. The van der Waals surface area contributed by atoms with Crippen LogP contribution < -0.4 is 5.11 Å². The van der Waals surface area contributed by atoms with Gasteiger partial charge in [0.2, 0.25) is 0 Å². The molecule has 0 spiro atoms.